The third kappa shape index (κ3) is 3.28. The minimum Gasteiger partial charge on any atom is -0.475 e. The normalized spacial score (nSPS) is 13.6. The van der Waals surface area contributed by atoms with E-state index in [1.807, 2.05) is 22.8 Å². The second-order valence-electron chi connectivity index (χ2n) is 7.90. The van der Waals surface area contributed by atoms with Crippen molar-refractivity contribution in [2.24, 2.45) is 0 Å². The van der Waals surface area contributed by atoms with Crippen LogP contribution in [0.4, 0.5) is 5.82 Å². The highest BCUT2D eigenvalue weighted by atomic mass is 16.5. The van der Waals surface area contributed by atoms with Crippen LogP contribution in [0, 0.1) is 0 Å². The number of ether oxygens (including phenoxy) is 1. The van der Waals surface area contributed by atoms with Crippen molar-refractivity contribution in [3.05, 3.63) is 65.7 Å². The van der Waals surface area contributed by atoms with Crippen LogP contribution in [0.2, 0.25) is 0 Å². The number of rotatable bonds is 3. The number of amides is 1. The second kappa shape index (κ2) is 7.43. The van der Waals surface area contributed by atoms with Crippen molar-refractivity contribution in [1.29, 1.82) is 0 Å². The first-order valence-electron chi connectivity index (χ1n) is 10.3. The summed E-state index contributed by atoms with van der Waals surface area (Å²) >= 11 is 0. The Hall–Kier alpha value is -3.87. The van der Waals surface area contributed by atoms with E-state index in [0.29, 0.717) is 25.0 Å². The first-order valence-corrected chi connectivity index (χ1v) is 10.3. The number of nitrogen functional groups attached to an aromatic ring is 1. The fraction of sp³-hybridized carbons (Fsp3) is 0.208. The summed E-state index contributed by atoms with van der Waals surface area (Å²) in [6.45, 7) is 5.06. The molecule has 1 aliphatic heterocycles. The van der Waals surface area contributed by atoms with E-state index >= 15 is 0 Å². The Morgan fingerprint density at radius 3 is 2.77 bits per heavy atom. The van der Waals surface area contributed by atoms with E-state index in [2.05, 4.69) is 65.5 Å². The molecule has 2 aromatic heterocycles. The first kappa shape index (κ1) is 19.1. The molecule has 5 rings (SSSR count). The van der Waals surface area contributed by atoms with Gasteiger partial charge in [-0.15, -0.1) is 0 Å². The van der Waals surface area contributed by atoms with Crippen LogP contribution in [-0.2, 0) is 0 Å². The van der Waals surface area contributed by atoms with Gasteiger partial charge in [0.25, 0.3) is 5.91 Å². The fourth-order valence-electron chi connectivity index (χ4n) is 3.90. The quantitative estimate of drug-likeness (QED) is 0.531. The lowest BCUT2D eigenvalue weighted by Crippen LogP contribution is -2.25. The minimum absolute atomic E-state index is 0.0964. The topological polar surface area (TPSA) is 95.1 Å². The molecule has 3 heterocycles. The van der Waals surface area contributed by atoms with E-state index < -0.39 is 0 Å². The zero-order valence-electron chi connectivity index (χ0n) is 17.4. The predicted molar refractivity (Wildman–Crippen MR) is 121 cm³/mol. The van der Waals surface area contributed by atoms with Gasteiger partial charge in [-0.25, -0.2) is 0 Å². The zero-order valence-corrected chi connectivity index (χ0v) is 17.4. The van der Waals surface area contributed by atoms with E-state index in [9.17, 15) is 4.79 Å². The van der Waals surface area contributed by atoms with Crippen LogP contribution < -0.4 is 15.8 Å². The van der Waals surface area contributed by atoms with Crippen molar-refractivity contribution in [2.45, 2.75) is 19.8 Å². The molecule has 0 unspecified atom stereocenters. The van der Waals surface area contributed by atoms with Crippen molar-refractivity contribution in [2.75, 3.05) is 18.9 Å². The van der Waals surface area contributed by atoms with Crippen LogP contribution in [0.5, 0.6) is 5.88 Å². The minimum atomic E-state index is -0.321. The average Bonchev–Trinajstić information content (AvgIpc) is 3.05. The van der Waals surface area contributed by atoms with Crippen molar-refractivity contribution >= 4 is 22.6 Å². The Balaban J connectivity index is 1.77. The number of nitrogens with one attached hydrogen (secondary N) is 1. The molecule has 0 saturated heterocycles. The summed E-state index contributed by atoms with van der Waals surface area (Å²) in [5.74, 6) is 0.760. The fourth-order valence-corrected chi connectivity index (χ4v) is 3.90. The Labute approximate surface area is 179 Å². The van der Waals surface area contributed by atoms with Crippen molar-refractivity contribution in [3.63, 3.8) is 0 Å². The standard InChI is InChI=1S/C24H23N5O2/c1-14(2)15-7-5-8-16(12-15)19-13-17-6-3-4-9-18(17)29(19)24-27-21(25)20-22(30)26-10-11-31-23(20)28-24/h3-9,12-14H,10-11H2,1-2H3,(H,26,30)(H2,25,27,28). The summed E-state index contributed by atoms with van der Waals surface area (Å²) < 4.78 is 7.69. The number of hydrogen-bond donors (Lipinski definition) is 2. The molecule has 7 nitrogen and oxygen atoms in total. The summed E-state index contributed by atoms with van der Waals surface area (Å²) in [7, 11) is 0. The summed E-state index contributed by atoms with van der Waals surface area (Å²) in [5.41, 5.74) is 10.6. The van der Waals surface area contributed by atoms with Gasteiger partial charge in [0.2, 0.25) is 11.8 Å². The highest BCUT2D eigenvalue weighted by Crippen LogP contribution is 2.33. The van der Waals surface area contributed by atoms with Crippen molar-refractivity contribution in [3.8, 4) is 23.1 Å². The Bertz CT molecular complexity index is 1310. The smallest absolute Gasteiger partial charge is 0.260 e. The van der Waals surface area contributed by atoms with Gasteiger partial charge in [0, 0.05) is 5.39 Å². The molecule has 4 aromatic rings. The monoisotopic (exact) mass is 413 g/mol. The molecule has 0 spiro atoms. The molecule has 156 valence electrons. The highest BCUT2D eigenvalue weighted by Gasteiger charge is 2.25. The largest absolute Gasteiger partial charge is 0.475 e. The van der Waals surface area contributed by atoms with Crippen LogP contribution in [-0.4, -0.2) is 33.6 Å². The lowest BCUT2D eigenvalue weighted by atomic mass is 10.00. The van der Waals surface area contributed by atoms with E-state index in [1.54, 1.807) is 0 Å². The van der Waals surface area contributed by atoms with Gasteiger partial charge in [-0.05, 0) is 35.2 Å². The van der Waals surface area contributed by atoms with Gasteiger partial charge in [-0.3, -0.25) is 9.36 Å². The Morgan fingerprint density at radius 1 is 1.10 bits per heavy atom. The van der Waals surface area contributed by atoms with Crippen LogP contribution in [0.3, 0.4) is 0 Å². The van der Waals surface area contributed by atoms with Gasteiger partial charge in [0.05, 0.1) is 17.8 Å². The van der Waals surface area contributed by atoms with Crippen LogP contribution >= 0.6 is 0 Å². The van der Waals surface area contributed by atoms with Crippen LogP contribution in [0.15, 0.2) is 54.6 Å². The lowest BCUT2D eigenvalue weighted by Gasteiger charge is -2.14. The molecule has 2 aromatic carbocycles. The Morgan fingerprint density at radius 2 is 1.94 bits per heavy atom. The molecular formula is C24H23N5O2. The molecule has 0 saturated carbocycles. The molecule has 31 heavy (non-hydrogen) atoms. The van der Waals surface area contributed by atoms with Crippen molar-refractivity contribution in [1.82, 2.24) is 19.9 Å². The number of nitrogens with zero attached hydrogens (tertiary/aromatic N) is 3. The van der Waals surface area contributed by atoms with E-state index in [4.69, 9.17) is 10.5 Å². The van der Waals surface area contributed by atoms with Crippen molar-refractivity contribution < 1.29 is 9.53 Å². The van der Waals surface area contributed by atoms with Gasteiger partial charge in [0.1, 0.15) is 18.0 Å². The first-order chi connectivity index (χ1) is 15.0. The second-order valence-corrected chi connectivity index (χ2v) is 7.90. The van der Waals surface area contributed by atoms with E-state index in [0.717, 1.165) is 22.2 Å². The molecule has 0 radical (unpaired) electrons. The van der Waals surface area contributed by atoms with Gasteiger partial charge in [-0.2, -0.15) is 9.97 Å². The maximum absolute atomic E-state index is 12.4. The number of benzene rings is 2. The molecule has 3 N–H and O–H groups in total. The molecule has 1 aliphatic rings. The van der Waals surface area contributed by atoms with Gasteiger partial charge in [0.15, 0.2) is 0 Å². The van der Waals surface area contributed by atoms with Gasteiger partial charge < -0.3 is 15.8 Å². The third-order valence-electron chi connectivity index (χ3n) is 5.51. The summed E-state index contributed by atoms with van der Waals surface area (Å²) in [5, 5.41) is 3.81. The SMILES string of the molecule is CC(C)c1cccc(-c2cc3ccccc3n2-c2nc(N)c3c(n2)OCCNC3=O)c1. The van der Waals surface area contributed by atoms with Crippen LogP contribution in [0.1, 0.15) is 35.7 Å². The average molecular weight is 413 g/mol. The van der Waals surface area contributed by atoms with Crippen LogP contribution in [0.25, 0.3) is 28.1 Å². The molecular weight excluding hydrogens is 390 g/mol. The third-order valence-corrected chi connectivity index (χ3v) is 5.51. The number of anilines is 1. The van der Waals surface area contributed by atoms with Gasteiger partial charge >= 0.3 is 0 Å². The molecule has 0 bridgehead atoms. The summed E-state index contributed by atoms with van der Waals surface area (Å²) in [4.78, 5) is 21.5. The molecule has 0 aliphatic carbocycles. The maximum Gasteiger partial charge on any atom is 0.260 e. The summed E-state index contributed by atoms with van der Waals surface area (Å²) in [6, 6.07) is 18.6. The molecule has 0 fully saturated rings. The van der Waals surface area contributed by atoms with Gasteiger partial charge in [-0.1, -0.05) is 50.2 Å². The number of hydrogen-bond acceptors (Lipinski definition) is 5. The molecule has 1 amide bonds. The zero-order chi connectivity index (χ0) is 21.5. The molecule has 7 heteroatoms. The highest BCUT2D eigenvalue weighted by molar-refractivity contribution is 6.01. The maximum atomic E-state index is 12.4. The number of para-hydroxylation sites is 1. The van der Waals surface area contributed by atoms with E-state index in [1.165, 1.54) is 5.56 Å². The van der Waals surface area contributed by atoms with E-state index in [-0.39, 0.29) is 23.2 Å². The lowest BCUT2D eigenvalue weighted by molar-refractivity contribution is 0.0957. The Kier molecular flexibility index (Phi) is 4.58. The predicted octanol–water partition coefficient (Wildman–Crippen LogP) is 3.92. The number of aromatic nitrogens is 3. The number of nitrogens with two attached hydrogens (primary N) is 1. The molecule has 0 atom stereocenters. The summed E-state index contributed by atoms with van der Waals surface area (Å²) in [6.07, 6.45) is 0. The number of fused-ring (bicyclic) bond motifs is 2. The number of carbonyl (C=O) groups is 1. The number of carbonyl (C=O) groups excluding carboxylic acids is 1.